The minimum Gasteiger partial charge on any atom is -0.394 e. The lowest BCUT2D eigenvalue weighted by molar-refractivity contribution is -0.137. The number of halogens is 4. The molecule has 0 radical (unpaired) electrons. The number of sulfonamides is 1. The van der Waals surface area contributed by atoms with E-state index in [1.807, 2.05) is 0 Å². The Labute approximate surface area is 202 Å². The summed E-state index contributed by atoms with van der Waals surface area (Å²) in [6, 6.07) is 9.94. The summed E-state index contributed by atoms with van der Waals surface area (Å²) >= 11 is 3.32. The highest BCUT2D eigenvalue weighted by molar-refractivity contribution is 9.10. The Balaban J connectivity index is 1.67. The number of rotatable bonds is 9. The van der Waals surface area contributed by atoms with E-state index < -0.39 is 21.8 Å². The fourth-order valence-corrected chi connectivity index (χ4v) is 4.10. The van der Waals surface area contributed by atoms with Crippen molar-refractivity contribution in [2.24, 2.45) is 0 Å². The van der Waals surface area contributed by atoms with Crippen LogP contribution >= 0.6 is 15.9 Å². The van der Waals surface area contributed by atoms with Crippen LogP contribution in [-0.4, -0.2) is 36.1 Å². The topological polar surface area (TPSA) is 116 Å². The Hall–Kier alpha value is -2.74. The molecule has 34 heavy (non-hydrogen) atoms. The monoisotopic (exact) mass is 559 g/mol. The number of aliphatic hydroxyl groups is 1. The second kappa shape index (κ2) is 10.7. The van der Waals surface area contributed by atoms with Gasteiger partial charge in [-0.05, 0) is 58.7 Å². The summed E-state index contributed by atoms with van der Waals surface area (Å²) in [5.41, 5.74) is -0.150. The smallest absolute Gasteiger partial charge is 0.394 e. The number of hydrogen-bond donors (Lipinski definition) is 4. The lowest BCUT2D eigenvalue weighted by atomic mass is 10.1. The Kier molecular flexibility index (Phi) is 8.13. The molecular weight excluding hydrogens is 539 g/mol. The summed E-state index contributed by atoms with van der Waals surface area (Å²) < 4.78 is 66.6. The quantitative estimate of drug-likeness (QED) is 0.309. The molecule has 3 rings (SSSR count). The second-order valence-corrected chi connectivity index (χ2v) is 9.91. The van der Waals surface area contributed by atoms with Crippen LogP contribution in [-0.2, 0) is 22.7 Å². The summed E-state index contributed by atoms with van der Waals surface area (Å²) in [6.45, 7) is 1.40. The van der Waals surface area contributed by atoms with E-state index in [2.05, 4.69) is 41.3 Å². The molecule has 0 aliphatic rings. The predicted octanol–water partition coefficient (Wildman–Crippen LogP) is 4.27. The SMILES string of the molecule is C[C@H](CO)Nc1nc(Nc2ccc(S(=O)(=O)NCc3cccc(C(F)(F)F)c3)cc2)ncc1Br. The molecular formula is C21H21BrF3N5O3S. The van der Waals surface area contributed by atoms with Gasteiger partial charge in [0.1, 0.15) is 5.82 Å². The molecule has 1 atom stereocenters. The molecule has 0 saturated heterocycles. The van der Waals surface area contributed by atoms with Crippen molar-refractivity contribution in [3.05, 3.63) is 70.3 Å². The van der Waals surface area contributed by atoms with E-state index in [-0.39, 0.29) is 35.6 Å². The molecule has 0 amide bonds. The van der Waals surface area contributed by atoms with Gasteiger partial charge in [-0.15, -0.1) is 0 Å². The number of nitrogens with one attached hydrogen (secondary N) is 3. The minimum absolute atomic E-state index is 0.0547. The first kappa shape index (κ1) is 25.9. The zero-order chi connectivity index (χ0) is 24.9. The molecule has 0 unspecified atom stereocenters. The van der Waals surface area contributed by atoms with Crippen molar-refractivity contribution in [3.63, 3.8) is 0 Å². The molecule has 4 N–H and O–H groups in total. The van der Waals surface area contributed by atoms with E-state index in [0.717, 1.165) is 12.1 Å². The van der Waals surface area contributed by atoms with E-state index in [4.69, 9.17) is 0 Å². The summed E-state index contributed by atoms with van der Waals surface area (Å²) in [5.74, 6) is 0.714. The maximum Gasteiger partial charge on any atom is 0.416 e. The first-order chi connectivity index (χ1) is 16.0. The molecule has 0 aliphatic carbocycles. The van der Waals surface area contributed by atoms with Gasteiger partial charge in [-0.1, -0.05) is 18.2 Å². The number of alkyl halides is 3. The van der Waals surface area contributed by atoms with Gasteiger partial charge < -0.3 is 15.7 Å². The third-order valence-corrected chi connectivity index (χ3v) is 6.54. The zero-order valence-corrected chi connectivity index (χ0v) is 20.2. The number of anilines is 3. The van der Waals surface area contributed by atoms with Crippen LogP contribution in [0.2, 0.25) is 0 Å². The van der Waals surface area contributed by atoms with Crippen molar-refractivity contribution in [2.75, 3.05) is 17.2 Å². The fourth-order valence-electron chi connectivity index (χ4n) is 2.77. The van der Waals surface area contributed by atoms with Crippen LogP contribution in [0.1, 0.15) is 18.1 Å². The second-order valence-electron chi connectivity index (χ2n) is 7.29. The normalized spacial score (nSPS) is 12.9. The van der Waals surface area contributed by atoms with Gasteiger partial charge in [0.25, 0.3) is 0 Å². The molecule has 0 saturated carbocycles. The summed E-state index contributed by atoms with van der Waals surface area (Å²) in [7, 11) is -3.96. The van der Waals surface area contributed by atoms with E-state index in [1.165, 1.54) is 42.6 Å². The van der Waals surface area contributed by atoms with Crippen molar-refractivity contribution < 1.29 is 26.7 Å². The van der Waals surface area contributed by atoms with E-state index in [1.54, 1.807) is 6.92 Å². The first-order valence-corrected chi connectivity index (χ1v) is 12.2. The van der Waals surface area contributed by atoms with Gasteiger partial charge in [0.15, 0.2) is 0 Å². The van der Waals surface area contributed by atoms with Crippen LogP contribution in [0.15, 0.2) is 64.1 Å². The standard InChI is InChI=1S/C21H21BrF3N5O3S/c1-13(12-31)28-19-18(22)11-26-20(30-19)29-16-5-7-17(8-6-16)34(32,33)27-10-14-3-2-4-15(9-14)21(23,24)25/h2-9,11,13,27,31H,10,12H2,1H3,(H2,26,28,29,30)/t13-/m1/s1. The average Bonchev–Trinajstić information content (AvgIpc) is 2.80. The third-order valence-electron chi connectivity index (χ3n) is 4.54. The van der Waals surface area contributed by atoms with Gasteiger partial charge in [0.2, 0.25) is 16.0 Å². The van der Waals surface area contributed by atoms with Gasteiger partial charge >= 0.3 is 6.18 Å². The van der Waals surface area contributed by atoms with Crippen molar-refractivity contribution in [1.82, 2.24) is 14.7 Å². The molecule has 3 aromatic rings. The van der Waals surface area contributed by atoms with Crippen LogP contribution in [0.25, 0.3) is 0 Å². The molecule has 0 spiro atoms. The van der Waals surface area contributed by atoms with E-state index in [9.17, 15) is 26.7 Å². The molecule has 0 fully saturated rings. The van der Waals surface area contributed by atoms with Crippen LogP contribution in [0.3, 0.4) is 0 Å². The zero-order valence-electron chi connectivity index (χ0n) is 17.8. The molecule has 0 aliphatic heterocycles. The minimum atomic E-state index is -4.51. The number of aromatic nitrogens is 2. The van der Waals surface area contributed by atoms with Crippen molar-refractivity contribution >= 4 is 43.4 Å². The Morgan fingerprint density at radius 2 is 1.85 bits per heavy atom. The van der Waals surface area contributed by atoms with Crippen LogP contribution in [0.4, 0.5) is 30.6 Å². The Morgan fingerprint density at radius 1 is 1.15 bits per heavy atom. The van der Waals surface area contributed by atoms with E-state index in [0.29, 0.717) is 16.0 Å². The number of nitrogens with zero attached hydrogens (tertiary/aromatic N) is 2. The summed E-state index contributed by atoms with van der Waals surface area (Å²) in [5, 5.41) is 15.2. The third kappa shape index (κ3) is 6.88. The van der Waals surface area contributed by atoms with Crippen LogP contribution in [0, 0.1) is 0 Å². The molecule has 1 heterocycles. The van der Waals surface area contributed by atoms with Gasteiger partial charge in [0, 0.05) is 24.5 Å². The highest BCUT2D eigenvalue weighted by atomic mass is 79.9. The van der Waals surface area contributed by atoms with Crippen molar-refractivity contribution in [3.8, 4) is 0 Å². The first-order valence-electron chi connectivity index (χ1n) is 9.91. The largest absolute Gasteiger partial charge is 0.416 e. The van der Waals surface area contributed by atoms with Gasteiger partial charge in [-0.25, -0.2) is 18.1 Å². The molecule has 1 aromatic heterocycles. The molecule has 182 valence electrons. The number of benzene rings is 2. The molecule has 0 bridgehead atoms. The van der Waals surface area contributed by atoms with Crippen molar-refractivity contribution in [2.45, 2.75) is 30.6 Å². The summed E-state index contributed by atoms with van der Waals surface area (Å²) in [4.78, 5) is 8.40. The highest BCUT2D eigenvalue weighted by Gasteiger charge is 2.30. The Bertz CT molecular complexity index is 1240. The van der Waals surface area contributed by atoms with E-state index >= 15 is 0 Å². The van der Waals surface area contributed by atoms with Gasteiger partial charge in [-0.3, -0.25) is 0 Å². The average molecular weight is 560 g/mol. The molecule has 13 heteroatoms. The van der Waals surface area contributed by atoms with Crippen LogP contribution in [0.5, 0.6) is 0 Å². The van der Waals surface area contributed by atoms with Gasteiger partial charge in [0.05, 0.1) is 21.5 Å². The lowest BCUT2D eigenvalue weighted by Crippen LogP contribution is -2.23. The molecule has 8 nitrogen and oxygen atoms in total. The highest BCUT2D eigenvalue weighted by Crippen LogP contribution is 2.29. The van der Waals surface area contributed by atoms with Gasteiger partial charge in [-0.2, -0.15) is 18.2 Å². The van der Waals surface area contributed by atoms with Crippen molar-refractivity contribution in [1.29, 1.82) is 0 Å². The maximum atomic E-state index is 12.8. The maximum absolute atomic E-state index is 12.8. The molecule has 2 aromatic carbocycles. The summed E-state index contributed by atoms with van der Waals surface area (Å²) in [6.07, 6.45) is -2.98. The predicted molar refractivity (Wildman–Crippen MR) is 125 cm³/mol. The fraction of sp³-hybridized carbons (Fsp3) is 0.238. The Morgan fingerprint density at radius 3 is 2.50 bits per heavy atom. The van der Waals surface area contributed by atoms with Crippen LogP contribution < -0.4 is 15.4 Å². The number of hydrogen-bond acceptors (Lipinski definition) is 7. The lowest BCUT2D eigenvalue weighted by Gasteiger charge is -2.14. The number of aliphatic hydroxyl groups excluding tert-OH is 1.